The monoisotopic (exact) mass is 295 g/mol. The Morgan fingerprint density at radius 3 is 2.90 bits per heavy atom. The van der Waals surface area contributed by atoms with Gasteiger partial charge in [0.05, 0.1) is 29.8 Å². The zero-order valence-corrected chi connectivity index (χ0v) is 13.1. The van der Waals surface area contributed by atoms with Crippen molar-refractivity contribution in [2.45, 2.75) is 33.4 Å². The number of nitrogens with one attached hydrogen (secondary N) is 1. The second kappa shape index (κ2) is 6.91. The van der Waals surface area contributed by atoms with E-state index in [4.69, 9.17) is 10.5 Å². The van der Waals surface area contributed by atoms with Gasteiger partial charge in [-0.2, -0.15) is 5.10 Å². The molecule has 7 nitrogen and oxygen atoms in total. The number of amides is 1. The summed E-state index contributed by atoms with van der Waals surface area (Å²) in [5.74, 6) is -0.0715. The molecular formula is C14H25N5O2. The summed E-state index contributed by atoms with van der Waals surface area (Å²) in [6.07, 6.45) is 0.0631. The van der Waals surface area contributed by atoms with Gasteiger partial charge in [-0.15, -0.1) is 0 Å². The first kappa shape index (κ1) is 15.8. The lowest BCUT2D eigenvalue weighted by atomic mass is 10.2. The average molecular weight is 295 g/mol. The molecule has 0 bridgehead atoms. The fourth-order valence-electron chi connectivity index (χ4n) is 2.48. The number of nitrogens with two attached hydrogens (primary N) is 1. The Balaban J connectivity index is 1.80. The molecule has 2 heterocycles. The zero-order valence-electron chi connectivity index (χ0n) is 13.1. The summed E-state index contributed by atoms with van der Waals surface area (Å²) in [6.45, 7) is 10.1. The number of carbonyl (C=O) groups is 1. The summed E-state index contributed by atoms with van der Waals surface area (Å²) in [5.41, 5.74) is 8.10. The number of ether oxygens (including phenoxy) is 1. The smallest absolute Gasteiger partial charge is 0.241 e. The van der Waals surface area contributed by atoms with Crippen molar-refractivity contribution < 1.29 is 9.53 Å². The Bertz CT molecular complexity index is 500. The average Bonchev–Trinajstić information content (AvgIpc) is 2.72. The number of anilines is 1. The Labute approximate surface area is 125 Å². The third-order valence-electron chi connectivity index (χ3n) is 3.93. The summed E-state index contributed by atoms with van der Waals surface area (Å²) in [4.78, 5) is 14.3. The highest BCUT2D eigenvalue weighted by Crippen LogP contribution is 2.14. The maximum absolute atomic E-state index is 12.0. The van der Waals surface area contributed by atoms with Gasteiger partial charge in [-0.05, 0) is 20.4 Å². The van der Waals surface area contributed by atoms with Crippen molar-refractivity contribution in [2.24, 2.45) is 0 Å². The fraction of sp³-hybridized carbons (Fsp3) is 0.714. The molecule has 1 fully saturated rings. The van der Waals surface area contributed by atoms with Crippen LogP contribution in [-0.2, 0) is 16.1 Å². The first-order valence-corrected chi connectivity index (χ1v) is 7.41. The molecule has 0 aliphatic carbocycles. The fourth-order valence-corrected chi connectivity index (χ4v) is 2.48. The normalized spacial score (nSPS) is 19.7. The molecule has 1 aromatic heterocycles. The van der Waals surface area contributed by atoms with E-state index in [1.807, 2.05) is 13.8 Å². The van der Waals surface area contributed by atoms with E-state index in [0.29, 0.717) is 12.2 Å². The first-order chi connectivity index (χ1) is 10.0. The van der Waals surface area contributed by atoms with Crippen molar-refractivity contribution in [3.63, 3.8) is 0 Å². The summed E-state index contributed by atoms with van der Waals surface area (Å²) in [6, 6.07) is 0. The number of aromatic nitrogens is 2. The molecule has 0 aromatic carbocycles. The number of nitrogens with zero attached hydrogens (tertiary/aromatic N) is 3. The van der Waals surface area contributed by atoms with Crippen LogP contribution in [0.2, 0.25) is 0 Å². The van der Waals surface area contributed by atoms with Crippen LogP contribution in [0.4, 0.5) is 5.69 Å². The van der Waals surface area contributed by atoms with Gasteiger partial charge in [-0.1, -0.05) is 6.92 Å². The molecule has 118 valence electrons. The molecular weight excluding hydrogens is 270 g/mol. The largest absolute Gasteiger partial charge is 0.396 e. The van der Waals surface area contributed by atoms with E-state index in [1.54, 1.807) is 4.68 Å². The Kier molecular flexibility index (Phi) is 5.19. The van der Waals surface area contributed by atoms with Crippen LogP contribution in [-0.4, -0.2) is 59.5 Å². The molecule has 0 radical (unpaired) electrons. The van der Waals surface area contributed by atoms with Crippen LogP contribution in [0.5, 0.6) is 0 Å². The Morgan fingerprint density at radius 1 is 1.52 bits per heavy atom. The van der Waals surface area contributed by atoms with Crippen LogP contribution >= 0.6 is 0 Å². The number of likely N-dealkylation sites (N-methyl/N-ethyl adjacent to an activating group) is 1. The molecule has 3 N–H and O–H groups in total. The van der Waals surface area contributed by atoms with E-state index in [1.165, 1.54) is 0 Å². The highest BCUT2D eigenvalue weighted by Gasteiger charge is 2.20. The Hall–Kier alpha value is -1.60. The number of hydrogen-bond donors (Lipinski definition) is 2. The third kappa shape index (κ3) is 3.95. The number of rotatable bonds is 5. The van der Waals surface area contributed by atoms with Crippen molar-refractivity contribution in [3.05, 3.63) is 11.4 Å². The van der Waals surface area contributed by atoms with Crippen molar-refractivity contribution in [3.8, 4) is 0 Å². The molecule has 1 aromatic rings. The highest BCUT2D eigenvalue weighted by molar-refractivity contribution is 5.76. The molecule has 1 aliphatic heterocycles. The minimum Gasteiger partial charge on any atom is -0.396 e. The molecule has 1 unspecified atom stereocenters. The lowest BCUT2D eigenvalue weighted by Gasteiger charge is -2.32. The maximum atomic E-state index is 12.0. The van der Waals surface area contributed by atoms with Crippen LogP contribution in [0.15, 0.2) is 0 Å². The van der Waals surface area contributed by atoms with Crippen molar-refractivity contribution in [1.29, 1.82) is 0 Å². The number of aryl methyl sites for hydroxylation is 1. The summed E-state index contributed by atoms with van der Waals surface area (Å²) < 4.78 is 7.30. The molecule has 2 rings (SSSR count). The summed E-state index contributed by atoms with van der Waals surface area (Å²) in [5, 5.41) is 7.17. The number of carbonyl (C=O) groups excluding carboxylic acids is 1. The van der Waals surface area contributed by atoms with Gasteiger partial charge < -0.3 is 15.8 Å². The highest BCUT2D eigenvalue weighted by atomic mass is 16.5. The molecule has 21 heavy (non-hydrogen) atoms. The van der Waals surface area contributed by atoms with E-state index in [0.717, 1.165) is 37.6 Å². The first-order valence-electron chi connectivity index (χ1n) is 7.41. The lowest BCUT2D eigenvalue weighted by Crippen LogP contribution is -2.47. The SMILES string of the molecule is CCN1CCOC(CNC(=O)Cn2nc(C)c(N)c2C)C1. The standard InChI is InChI=1S/C14H25N5O2/c1-4-18-5-6-21-12(8-18)7-16-13(20)9-19-11(3)14(15)10(2)17-19/h12H,4-9,15H2,1-3H3,(H,16,20). The molecule has 0 spiro atoms. The topological polar surface area (TPSA) is 85.4 Å². The van der Waals surface area contributed by atoms with Crippen LogP contribution in [0.25, 0.3) is 0 Å². The zero-order chi connectivity index (χ0) is 15.4. The van der Waals surface area contributed by atoms with Gasteiger partial charge in [-0.25, -0.2) is 0 Å². The van der Waals surface area contributed by atoms with Crippen LogP contribution < -0.4 is 11.1 Å². The molecule has 1 aliphatic rings. The predicted octanol–water partition coefficient (Wildman–Crippen LogP) is -0.0810. The van der Waals surface area contributed by atoms with Crippen LogP contribution in [0, 0.1) is 13.8 Å². The predicted molar refractivity (Wildman–Crippen MR) is 81.0 cm³/mol. The molecule has 0 saturated carbocycles. The maximum Gasteiger partial charge on any atom is 0.241 e. The molecule has 1 amide bonds. The number of nitrogen functional groups attached to an aromatic ring is 1. The quantitative estimate of drug-likeness (QED) is 0.793. The van der Waals surface area contributed by atoms with Crippen molar-refractivity contribution >= 4 is 11.6 Å². The molecule has 1 saturated heterocycles. The minimum atomic E-state index is -0.0715. The van der Waals surface area contributed by atoms with Crippen LogP contribution in [0.3, 0.4) is 0 Å². The van der Waals surface area contributed by atoms with Gasteiger partial charge in [-0.3, -0.25) is 14.4 Å². The van der Waals surface area contributed by atoms with E-state index in [9.17, 15) is 4.79 Å². The molecule has 1 atom stereocenters. The second-order valence-corrected chi connectivity index (χ2v) is 5.43. The third-order valence-corrected chi connectivity index (χ3v) is 3.93. The van der Waals surface area contributed by atoms with Crippen molar-refractivity contribution in [1.82, 2.24) is 20.0 Å². The van der Waals surface area contributed by atoms with E-state index in [2.05, 4.69) is 22.2 Å². The number of hydrogen-bond acceptors (Lipinski definition) is 5. The minimum absolute atomic E-state index is 0.0631. The number of morpholine rings is 1. The van der Waals surface area contributed by atoms with E-state index < -0.39 is 0 Å². The van der Waals surface area contributed by atoms with Crippen molar-refractivity contribution in [2.75, 3.05) is 38.5 Å². The van der Waals surface area contributed by atoms with E-state index in [-0.39, 0.29) is 18.6 Å². The van der Waals surface area contributed by atoms with Gasteiger partial charge in [0.15, 0.2) is 0 Å². The van der Waals surface area contributed by atoms with Crippen LogP contribution in [0.1, 0.15) is 18.3 Å². The summed E-state index contributed by atoms with van der Waals surface area (Å²) in [7, 11) is 0. The van der Waals surface area contributed by atoms with E-state index >= 15 is 0 Å². The van der Waals surface area contributed by atoms with Gasteiger partial charge in [0.2, 0.25) is 5.91 Å². The van der Waals surface area contributed by atoms with Gasteiger partial charge in [0.25, 0.3) is 0 Å². The lowest BCUT2D eigenvalue weighted by molar-refractivity contribution is -0.123. The second-order valence-electron chi connectivity index (χ2n) is 5.43. The molecule has 7 heteroatoms. The van der Waals surface area contributed by atoms with Gasteiger partial charge in [0, 0.05) is 19.6 Å². The summed E-state index contributed by atoms with van der Waals surface area (Å²) >= 11 is 0. The van der Waals surface area contributed by atoms with Gasteiger partial charge >= 0.3 is 0 Å². The Morgan fingerprint density at radius 2 is 2.29 bits per heavy atom. The van der Waals surface area contributed by atoms with Gasteiger partial charge in [0.1, 0.15) is 6.54 Å².